The van der Waals surface area contributed by atoms with E-state index in [2.05, 4.69) is 6.92 Å². The van der Waals surface area contributed by atoms with Gasteiger partial charge in [0, 0.05) is 22.7 Å². The molecular weight excluding hydrogens is 314 g/mol. The smallest absolute Gasteiger partial charge is 0.340 e. The molecular formula is C21H21NO3. The van der Waals surface area contributed by atoms with E-state index in [1.165, 1.54) is 4.57 Å². The van der Waals surface area contributed by atoms with Gasteiger partial charge in [-0.1, -0.05) is 56.2 Å². The highest BCUT2D eigenvalue weighted by Gasteiger charge is 2.16. The molecule has 4 nitrogen and oxygen atoms in total. The van der Waals surface area contributed by atoms with E-state index in [0.717, 1.165) is 24.9 Å². The van der Waals surface area contributed by atoms with Crippen molar-refractivity contribution in [1.82, 2.24) is 4.57 Å². The molecule has 3 aromatic rings. The average Bonchev–Trinajstić information content (AvgIpc) is 2.66. The summed E-state index contributed by atoms with van der Waals surface area (Å²) < 4.78 is 6.92. The minimum absolute atomic E-state index is 0.149. The maximum absolute atomic E-state index is 12.8. The van der Waals surface area contributed by atoms with Gasteiger partial charge in [0.05, 0.1) is 12.2 Å². The number of hydrogen-bond donors (Lipinski definition) is 0. The van der Waals surface area contributed by atoms with Crippen molar-refractivity contribution in [2.75, 3.05) is 6.61 Å². The molecule has 0 aliphatic carbocycles. The number of pyridine rings is 1. The quantitative estimate of drug-likeness (QED) is 0.497. The van der Waals surface area contributed by atoms with Crippen LogP contribution in [-0.2, 0) is 4.74 Å². The second kappa shape index (κ2) is 7.79. The van der Waals surface area contributed by atoms with Gasteiger partial charge < -0.3 is 4.74 Å². The molecule has 0 atom stereocenters. The molecule has 0 bridgehead atoms. The van der Waals surface area contributed by atoms with Crippen LogP contribution in [0.5, 0.6) is 0 Å². The Morgan fingerprint density at radius 2 is 1.64 bits per heavy atom. The van der Waals surface area contributed by atoms with Gasteiger partial charge in [-0.05, 0) is 24.6 Å². The summed E-state index contributed by atoms with van der Waals surface area (Å²) >= 11 is 0. The first kappa shape index (κ1) is 17.0. The van der Waals surface area contributed by atoms with Gasteiger partial charge in [-0.3, -0.25) is 9.36 Å². The van der Waals surface area contributed by atoms with Gasteiger partial charge in [0.15, 0.2) is 0 Å². The zero-order valence-corrected chi connectivity index (χ0v) is 14.3. The highest BCUT2D eigenvalue weighted by molar-refractivity contribution is 6.04. The molecule has 0 aliphatic heterocycles. The third kappa shape index (κ3) is 3.63. The summed E-state index contributed by atoms with van der Waals surface area (Å²) in [6, 6.07) is 16.4. The first-order valence-corrected chi connectivity index (χ1v) is 8.59. The third-order valence-corrected chi connectivity index (χ3v) is 4.16. The Hall–Kier alpha value is -2.88. The van der Waals surface area contributed by atoms with E-state index in [1.807, 2.05) is 36.4 Å². The Labute approximate surface area is 146 Å². The molecule has 0 amide bonds. The standard InChI is InChI=1S/C21H21NO3/c1-2-3-9-14-25-21(24)19-15-22(16-10-5-4-6-11-16)20(23)18-13-8-7-12-17(18)19/h4-8,10-13,15H,2-3,9,14H2,1H3. The summed E-state index contributed by atoms with van der Waals surface area (Å²) in [5, 5.41) is 1.13. The van der Waals surface area contributed by atoms with Gasteiger partial charge in [-0.2, -0.15) is 0 Å². The van der Waals surface area contributed by atoms with Gasteiger partial charge in [0.1, 0.15) is 0 Å². The molecule has 1 heterocycles. The maximum atomic E-state index is 12.8. The minimum atomic E-state index is -0.392. The van der Waals surface area contributed by atoms with Gasteiger partial charge in [0.25, 0.3) is 5.56 Å². The number of fused-ring (bicyclic) bond motifs is 1. The zero-order chi connectivity index (χ0) is 17.6. The SMILES string of the molecule is CCCCCOC(=O)c1cn(-c2ccccc2)c(=O)c2ccccc12. The lowest BCUT2D eigenvalue weighted by molar-refractivity contribution is 0.0499. The van der Waals surface area contributed by atoms with Crippen molar-refractivity contribution < 1.29 is 9.53 Å². The van der Waals surface area contributed by atoms with Crippen LogP contribution >= 0.6 is 0 Å². The Morgan fingerprint density at radius 3 is 2.36 bits per heavy atom. The van der Waals surface area contributed by atoms with Crippen molar-refractivity contribution in [3.8, 4) is 5.69 Å². The van der Waals surface area contributed by atoms with Gasteiger partial charge in [0.2, 0.25) is 0 Å². The molecule has 0 saturated heterocycles. The number of ether oxygens (including phenoxy) is 1. The summed E-state index contributed by atoms with van der Waals surface area (Å²) in [6.07, 6.45) is 4.53. The van der Waals surface area contributed by atoms with E-state index >= 15 is 0 Å². The Morgan fingerprint density at radius 1 is 0.960 bits per heavy atom. The largest absolute Gasteiger partial charge is 0.462 e. The first-order valence-electron chi connectivity index (χ1n) is 8.59. The molecule has 0 spiro atoms. The van der Waals surface area contributed by atoms with E-state index in [-0.39, 0.29) is 5.56 Å². The molecule has 25 heavy (non-hydrogen) atoms. The molecule has 4 heteroatoms. The van der Waals surface area contributed by atoms with Crippen molar-refractivity contribution >= 4 is 16.7 Å². The molecule has 0 fully saturated rings. The molecule has 1 aromatic heterocycles. The number of aromatic nitrogens is 1. The zero-order valence-electron chi connectivity index (χ0n) is 14.3. The summed E-state index contributed by atoms with van der Waals surface area (Å²) in [5.41, 5.74) is 0.984. The van der Waals surface area contributed by atoms with Crippen molar-refractivity contribution in [3.63, 3.8) is 0 Å². The predicted octanol–water partition coefficient (Wildman–Crippen LogP) is 4.34. The first-order chi connectivity index (χ1) is 12.2. The summed E-state index contributed by atoms with van der Waals surface area (Å²) in [6.45, 7) is 2.50. The van der Waals surface area contributed by atoms with E-state index in [9.17, 15) is 9.59 Å². The highest BCUT2D eigenvalue weighted by atomic mass is 16.5. The lowest BCUT2D eigenvalue weighted by Crippen LogP contribution is -2.21. The normalized spacial score (nSPS) is 10.8. The second-order valence-electron chi connectivity index (χ2n) is 5.94. The van der Waals surface area contributed by atoms with Crippen LogP contribution in [0.1, 0.15) is 36.5 Å². The van der Waals surface area contributed by atoms with Crippen molar-refractivity contribution in [1.29, 1.82) is 0 Å². The molecule has 128 valence electrons. The van der Waals surface area contributed by atoms with Crippen molar-refractivity contribution in [2.45, 2.75) is 26.2 Å². The molecule has 0 radical (unpaired) electrons. The van der Waals surface area contributed by atoms with E-state index in [1.54, 1.807) is 24.4 Å². The Bertz CT molecular complexity index is 929. The van der Waals surface area contributed by atoms with Gasteiger partial charge >= 0.3 is 5.97 Å². The fraction of sp³-hybridized carbons (Fsp3) is 0.238. The number of benzene rings is 2. The van der Waals surface area contributed by atoms with Gasteiger partial charge in [-0.15, -0.1) is 0 Å². The molecule has 0 N–H and O–H groups in total. The van der Waals surface area contributed by atoms with Crippen LogP contribution in [0.25, 0.3) is 16.5 Å². The number of hydrogen-bond acceptors (Lipinski definition) is 3. The fourth-order valence-electron chi connectivity index (χ4n) is 2.83. The van der Waals surface area contributed by atoms with Crippen LogP contribution < -0.4 is 5.56 Å². The molecule has 3 rings (SSSR count). The van der Waals surface area contributed by atoms with E-state index in [0.29, 0.717) is 22.9 Å². The molecule has 0 aliphatic rings. The fourth-order valence-corrected chi connectivity index (χ4v) is 2.83. The van der Waals surface area contributed by atoms with Crippen LogP contribution in [-0.4, -0.2) is 17.1 Å². The number of esters is 1. The molecule has 2 aromatic carbocycles. The van der Waals surface area contributed by atoms with Crippen molar-refractivity contribution in [3.05, 3.63) is 76.7 Å². The summed E-state index contributed by atoms with van der Waals surface area (Å²) in [7, 11) is 0. The van der Waals surface area contributed by atoms with Crippen LogP contribution in [0, 0.1) is 0 Å². The summed E-state index contributed by atoms with van der Waals surface area (Å²) in [5.74, 6) is -0.392. The number of nitrogens with zero attached hydrogens (tertiary/aromatic N) is 1. The average molecular weight is 335 g/mol. The lowest BCUT2D eigenvalue weighted by atomic mass is 10.1. The van der Waals surface area contributed by atoms with E-state index in [4.69, 9.17) is 4.74 Å². The summed E-state index contributed by atoms with van der Waals surface area (Å²) in [4.78, 5) is 25.4. The van der Waals surface area contributed by atoms with Crippen LogP contribution in [0.2, 0.25) is 0 Å². The van der Waals surface area contributed by atoms with Crippen molar-refractivity contribution in [2.24, 2.45) is 0 Å². The monoisotopic (exact) mass is 335 g/mol. The van der Waals surface area contributed by atoms with Crippen LogP contribution in [0.4, 0.5) is 0 Å². The Kier molecular flexibility index (Phi) is 5.29. The number of para-hydroxylation sites is 1. The third-order valence-electron chi connectivity index (χ3n) is 4.16. The number of rotatable bonds is 6. The maximum Gasteiger partial charge on any atom is 0.340 e. The number of carbonyl (C=O) groups is 1. The molecule has 0 unspecified atom stereocenters. The molecule has 0 saturated carbocycles. The Balaban J connectivity index is 2.07. The second-order valence-corrected chi connectivity index (χ2v) is 5.94. The van der Waals surface area contributed by atoms with Gasteiger partial charge in [-0.25, -0.2) is 4.79 Å². The van der Waals surface area contributed by atoms with Crippen LogP contribution in [0.15, 0.2) is 65.6 Å². The van der Waals surface area contributed by atoms with Crippen LogP contribution in [0.3, 0.4) is 0 Å². The minimum Gasteiger partial charge on any atom is -0.462 e. The highest BCUT2D eigenvalue weighted by Crippen LogP contribution is 2.18. The van der Waals surface area contributed by atoms with E-state index < -0.39 is 5.97 Å². The number of unbranched alkanes of at least 4 members (excludes halogenated alkanes) is 2. The lowest BCUT2D eigenvalue weighted by Gasteiger charge is -2.12. The topological polar surface area (TPSA) is 48.3 Å². The number of carbonyl (C=O) groups excluding carboxylic acids is 1. The predicted molar refractivity (Wildman–Crippen MR) is 99.4 cm³/mol.